The fourth-order valence-corrected chi connectivity index (χ4v) is 5.94. The second kappa shape index (κ2) is 12.9. The van der Waals surface area contributed by atoms with E-state index in [0.29, 0.717) is 17.9 Å². The van der Waals surface area contributed by atoms with Gasteiger partial charge in [0.1, 0.15) is 23.7 Å². The fourth-order valence-electron chi connectivity index (χ4n) is 4.17. The Balaban J connectivity index is 1.54. The van der Waals surface area contributed by atoms with Gasteiger partial charge in [0.25, 0.3) is 0 Å². The van der Waals surface area contributed by atoms with Crippen LogP contribution in [0.3, 0.4) is 0 Å². The molecule has 3 N–H and O–H groups in total. The number of para-hydroxylation sites is 1. The molecule has 4 rings (SSSR count). The molecule has 198 valence electrons. The van der Waals surface area contributed by atoms with Crippen LogP contribution in [0.1, 0.15) is 22.8 Å². The predicted molar refractivity (Wildman–Crippen MR) is 147 cm³/mol. The van der Waals surface area contributed by atoms with Crippen LogP contribution in [0.4, 0.5) is 14.5 Å². The molecule has 0 bridgehead atoms. The number of hydrogen-bond donors (Lipinski definition) is 3. The third-order valence-corrected chi connectivity index (χ3v) is 8.01. The molecule has 3 atom stereocenters. The van der Waals surface area contributed by atoms with Crippen LogP contribution in [0.25, 0.3) is 0 Å². The van der Waals surface area contributed by atoms with Crippen LogP contribution >= 0.6 is 23.5 Å². The number of carbonyl (C=O) groups is 3. The maximum absolute atomic E-state index is 13.6. The number of thioether (sulfide) groups is 2. The van der Waals surface area contributed by atoms with Crippen molar-refractivity contribution in [3.63, 3.8) is 0 Å². The summed E-state index contributed by atoms with van der Waals surface area (Å²) < 4.78 is 27.1. The third-order valence-electron chi connectivity index (χ3n) is 5.96. The van der Waals surface area contributed by atoms with Crippen molar-refractivity contribution in [1.29, 1.82) is 0 Å². The number of carbonyl (C=O) groups excluding carboxylic acids is 3. The lowest BCUT2D eigenvalue weighted by atomic mass is 10.0. The van der Waals surface area contributed by atoms with Crippen molar-refractivity contribution in [3.8, 4) is 0 Å². The van der Waals surface area contributed by atoms with Gasteiger partial charge in [-0.05, 0) is 53.8 Å². The van der Waals surface area contributed by atoms with Crippen LogP contribution < -0.4 is 16.0 Å². The number of benzene rings is 3. The molecule has 0 spiro atoms. The van der Waals surface area contributed by atoms with Gasteiger partial charge in [-0.15, -0.1) is 11.8 Å². The van der Waals surface area contributed by atoms with Gasteiger partial charge in [0.15, 0.2) is 0 Å². The molecular formula is C28H27F2N3O3S2. The molecule has 0 aliphatic carbocycles. The lowest BCUT2D eigenvalue weighted by molar-refractivity contribution is -0.130. The van der Waals surface area contributed by atoms with Gasteiger partial charge in [0, 0.05) is 11.0 Å². The standard InChI is InChI=1S/C28H27F2N3O3S2/c1-37-12-11-22(31-24(34)15-17-13-19(29)16-20(30)14-17)27(35)33-25-26(18-7-3-2-4-8-18)38-23-10-6-5-9-21(23)32-28(25)36/h2-10,13-14,16,22,25-26H,11-12,15H2,1H3,(H,31,34)(H,32,36)(H,33,35)/t22-,25-,26+/m0/s1. The van der Waals surface area contributed by atoms with Crippen molar-refractivity contribution in [2.24, 2.45) is 0 Å². The Bertz CT molecular complexity index is 1290. The lowest BCUT2D eigenvalue weighted by Crippen LogP contribution is -2.54. The van der Waals surface area contributed by atoms with E-state index in [0.717, 1.165) is 28.7 Å². The molecule has 0 unspecified atom stereocenters. The molecule has 0 saturated carbocycles. The first-order valence-electron chi connectivity index (χ1n) is 12.0. The van der Waals surface area contributed by atoms with E-state index in [1.165, 1.54) is 23.5 Å². The van der Waals surface area contributed by atoms with Gasteiger partial charge >= 0.3 is 0 Å². The van der Waals surface area contributed by atoms with Crippen molar-refractivity contribution < 1.29 is 23.2 Å². The lowest BCUT2D eigenvalue weighted by Gasteiger charge is -2.27. The van der Waals surface area contributed by atoms with Crippen molar-refractivity contribution in [2.45, 2.75) is 35.1 Å². The molecule has 3 aromatic rings. The Morgan fingerprint density at radius 2 is 1.71 bits per heavy atom. The topological polar surface area (TPSA) is 87.3 Å². The Kier molecular flexibility index (Phi) is 9.41. The predicted octanol–water partition coefficient (Wildman–Crippen LogP) is 4.72. The minimum absolute atomic E-state index is 0.158. The van der Waals surface area contributed by atoms with E-state index in [9.17, 15) is 23.2 Å². The molecule has 1 aliphatic rings. The highest BCUT2D eigenvalue weighted by Gasteiger charge is 2.37. The average molecular weight is 556 g/mol. The Labute approximate surface area is 228 Å². The van der Waals surface area contributed by atoms with Gasteiger partial charge in [-0.2, -0.15) is 11.8 Å². The fraction of sp³-hybridized carbons (Fsp3) is 0.250. The van der Waals surface area contributed by atoms with Crippen molar-refractivity contribution >= 4 is 46.9 Å². The number of anilines is 1. The average Bonchev–Trinajstić information content (AvgIpc) is 3.02. The summed E-state index contributed by atoms with van der Waals surface area (Å²) in [7, 11) is 0. The number of rotatable bonds is 9. The summed E-state index contributed by atoms with van der Waals surface area (Å²) in [6.07, 6.45) is 1.90. The Morgan fingerprint density at radius 1 is 1.03 bits per heavy atom. The van der Waals surface area contributed by atoms with Crippen LogP contribution in [0, 0.1) is 11.6 Å². The minimum Gasteiger partial charge on any atom is -0.344 e. The van der Waals surface area contributed by atoms with Crippen molar-refractivity contribution in [1.82, 2.24) is 10.6 Å². The third kappa shape index (κ3) is 7.14. The monoisotopic (exact) mass is 555 g/mol. The highest BCUT2D eigenvalue weighted by molar-refractivity contribution is 7.99. The molecule has 10 heteroatoms. The van der Waals surface area contributed by atoms with E-state index in [1.807, 2.05) is 60.9 Å². The van der Waals surface area contributed by atoms with E-state index in [-0.39, 0.29) is 17.9 Å². The molecule has 3 amide bonds. The SMILES string of the molecule is CSCC[C@H](NC(=O)Cc1cc(F)cc(F)c1)C(=O)N[C@@H]1C(=O)Nc2ccccc2S[C@@H]1c1ccccc1. The zero-order valence-corrected chi connectivity index (χ0v) is 22.2. The molecule has 1 aliphatic heterocycles. The van der Waals surface area contributed by atoms with E-state index in [2.05, 4.69) is 16.0 Å². The van der Waals surface area contributed by atoms with Crippen LogP contribution in [-0.4, -0.2) is 41.8 Å². The van der Waals surface area contributed by atoms with Gasteiger partial charge in [-0.1, -0.05) is 42.5 Å². The first-order valence-corrected chi connectivity index (χ1v) is 14.3. The number of amides is 3. The maximum atomic E-state index is 13.6. The van der Waals surface area contributed by atoms with E-state index in [4.69, 9.17) is 0 Å². The molecule has 38 heavy (non-hydrogen) atoms. The molecule has 3 aromatic carbocycles. The molecule has 6 nitrogen and oxygen atoms in total. The zero-order valence-electron chi connectivity index (χ0n) is 20.6. The summed E-state index contributed by atoms with van der Waals surface area (Å²) in [4.78, 5) is 40.4. The van der Waals surface area contributed by atoms with Gasteiger partial charge < -0.3 is 16.0 Å². The summed E-state index contributed by atoms with van der Waals surface area (Å²) in [5, 5.41) is 8.04. The van der Waals surface area contributed by atoms with Crippen molar-refractivity contribution in [3.05, 3.63) is 95.6 Å². The van der Waals surface area contributed by atoms with Crippen LogP contribution in [0.15, 0.2) is 77.7 Å². The number of halogens is 2. The van der Waals surface area contributed by atoms with Crippen molar-refractivity contribution in [2.75, 3.05) is 17.3 Å². The molecule has 0 aromatic heterocycles. The van der Waals surface area contributed by atoms with Crippen LogP contribution in [0.5, 0.6) is 0 Å². The number of hydrogen-bond acceptors (Lipinski definition) is 5. The normalized spacial score (nSPS) is 17.5. The highest BCUT2D eigenvalue weighted by Crippen LogP contribution is 2.43. The van der Waals surface area contributed by atoms with Gasteiger partial charge in [0.2, 0.25) is 17.7 Å². The Hall–Kier alpha value is -3.37. The van der Waals surface area contributed by atoms with E-state index < -0.39 is 40.8 Å². The van der Waals surface area contributed by atoms with E-state index in [1.54, 1.807) is 0 Å². The first kappa shape index (κ1) is 27.7. The second-order valence-electron chi connectivity index (χ2n) is 8.78. The molecular weight excluding hydrogens is 528 g/mol. The molecule has 1 heterocycles. The van der Waals surface area contributed by atoms with Gasteiger partial charge in [0.05, 0.1) is 17.4 Å². The van der Waals surface area contributed by atoms with Crippen LogP contribution in [0.2, 0.25) is 0 Å². The van der Waals surface area contributed by atoms with E-state index >= 15 is 0 Å². The largest absolute Gasteiger partial charge is 0.344 e. The first-order chi connectivity index (χ1) is 18.3. The molecule has 0 saturated heterocycles. The quantitative estimate of drug-likeness (QED) is 0.356. The second-order valence-corrected chi connectivity index (χ2v) is 10.9. The Morgan fingerprint density at radius 3 is 2.42 bits per heavy atom. The van der Waals surface area contributed by atoms with Gasteiger partial charge in [-0.3, -0.25) is 14.4 Å². The summed E-state index contributed by atoms with van der Waals surface area (Å²) in [5.41, 5.74) is 1.69. The maximum Gasteiger partial charge on any atom is 0.248 e. The summed E-state index contributed by atoms with van der Waals surface area (Å²) in [6.45, 7) is 0. The minimum atomic E-state index is -0.937. The summed E-state index contributed by atoms with van der Waals surface area (Å²) in [5.74, 6) is -2.42. The zero-order chi connectivity index (χ0) is 27.1. The van der Waals surface area contributed by atoms with Crippen LogP contribution in [-0.2, 0) is 20.8 Å². The molecule has 0 fully saturated rings. The number of fused-ring (bicyclic) bond motifs is 1. The summed E-state index contributed by atoms with van der Waals surface area (Å²) >= 11 is 2.98. The smallest absolute Gasteiger partial charge is 0.248 e. The highest BCUT2D eigenvalue weighted by atomic mass is 32.2. The number of nitrogens with one attached hydrogen (secondary N) is 3. The van der Waals surface area contributed by atoms with Gasteiger partial charge in [-0.25, -0.2) is 8.78 Å². The summed E-state index contributed by atoms with van der Waals surface area (Å²) in [6, 6.07) is 17.9. The molecule has 0 radical (unpaired) electrons.